The number of rotatable bonds is 3. The van der Waals surface area contributed by atoms with E-state index < -0.39 is 5.41 Å². The van der Waals surface area contributed by atoms with Gasteiger partial charge < -0.3 is 9.97 Å². The lowest BCUT2D eigenvalue weighted by Gasteiger charge is -2.22. The molecule has 0 aliphatic rings. The third-order valence-electron chi connectivity index (χ3n) is 5.05. The summed E-state index contributed by atoms with van der Waals surface area (Å²) in [6.45, 7) is 3.73. The van der Waals surface area contributed by atoms with Crippen LogP contribution in [0.2, 0.25) is 0 Å². The number of hydrogen-bond donors (Lipinski definition) is 2. The first kappa shape index (κ1) is 16.2. The zero-order valence-electron chi connectivity index (χ0n) is 14.8. The molecule has 2 aromatic heterocycles. The Balaban J connectivity index is 1.77. The van der Waals surface area contributed by atoms with Crippen molar-refractivity contribution in [3.63, 3.8) is 0 Å². The van der Waals surface area contributed by atoms with Crippen LogP contribution in [0.1, 0.15) is 23.7 Å². The molecule has 1 unspecified atom stereocenters. The molecular weight excluding hydrogens is 322 g/mol. The zero-order valence-corrected chi connectivity index (χ0v) is 14.8. The minimum Gasteiger partial charge on any atom is -0.358 e. The van der Waals surface area contributed by atoms with Crippen LogP contribution in [-0.2, 0) is 11.8 Å². The number of aromatic nitrogens is 2. The number of pyridine rings is 1. The Morgan fingerprint density at radius 1 is 1.00 bits per heavy atom. The van der Waals surface area contributed by atoms with Gasteiger partial charge >= 0.3 is 0 Å². The van der Waals surface area contributed by atoms with Crippen molar-refractivity contribution in [2.45, 2.75) is 25.7 Å². The van der Waals surface area contributed by atoms with Crippen LogP contribution in [0.25, 0.3) is 21.8 Å². The summed E-state index contributed by atoms with van der Waals surface area (Å²) in [5.41, 5.74) is 3.64. The number of fused-ring (bicyclic) bond motifs is 2. The second kappa shape index (κ2) is 5.89. The van der Waals surface area contributed by atoms with E-state index in [1.807, 2.05) is 49.4 Å². The average Bonchev–Trinajstić information content (AvgIpc) is 3.04. The Kier molecular flexibility index (Phi) is 3.66. The molecule has 0 amide bonds. The van der Waals surface area contributed by atoms with Gasteiger partial charge in [-0.25, -0.2) is 0 Å². The maximum absolute atomic E-state index is 11.9. The van der Waals surface area contributed by atoms with Crippen LogP contribution in [0, 0.1) is 18.3 Å². The van der Waals surface area contributed by atoms with Crippen molar-refractivity contribution in [3.8, 4) is 6.07 Å². The number of nitrogens with zero attached hydrogens (tertiary/aromatic N) is 1. The van der Waals surface area contributed by atoms with Gasteiger partial charge in [0.15, 0.2) is 0 Å². The monoisotopic (exact) mass is 341 g/mol. The van der Waals surface area contributed by atoms with Gasteiger partial charge in [-0.2, -0.15) is 5.26 Å². The van der Waals surface area contributed by atoms with Crippen molar-refractivity contribution in [2.75, 3.05) is 0 Å². The second-order valence-electron chi connectivity index (χ2n) is 7.09. The first-order chi connectivity index (χ1) is 12.5. The fraction of sp³-hybridized carbons (Fsp3) is 0.182. The van der Waals surface area contributed by atoms with E-state index in [9.17, 15) is 10.1 Å². The van der Waals surface area contributed by atoms with E-state index in [-0.39, 0.29) is 5.56 Å². The smallest absolute Gasteiger partial charge is 0.251 e. The Labute approximate surface area is 151 Å². The number of H-pyrrole nitrogens is 2. The molecule has 4 nitrogen and oxygen atoms in total. The predicted octanol–water partition coefficient (Wildman–Crippen LogP) is 4.34. The van der Waals surface area contributed by atoms with Gasteiger partial charge in [0.1, 0.15) is 0 Å². The van der Waals surface area contributed by atoms with E-state index in [0.717, 1.165) is 33.1 Å². The Morgan fingerprint density at radius 2 is 1.77 bits per heavy atom. The average molecular weight is 341 g/mol. The first-order valence-corrected chi connectivity index (χ1v) is 8.60. The lowest BCUT2D eigenvalue weighted by atomic mass is 9.79. The highest BCUT2D eigenvalue weighted by Crippen LogP contribution is 2.30. The minimum absolute atomic E-state index is 0.0936. The van der Waals surface area contributed by atoms with E-state index >= 15 is 0 Å². The number of nitrogens with one attached hydrogen (secondary N) is 2. The van der Waals surface area contributed by atoms with E-state index in [1.54, 1.807) is 6.92 Å². The van der Waals surface area contributed by atoms with Crippen LogP contribution in [0.4, 0.5) is 0 Å². The largest absolute Gasteiger partial charge is 0.358 e. The number of para-hydroxylation sites is 1. The summed E-state index contributed by atoms with van der Waals surface area (Å²) in [7, 11) is 0. The molecule has 4 heteroatoms. The molecule has 2 N–H and O–H groups in total. The van der Waals surface area contributed by atoms with Crippen LogP contribution < -0.4 is 5.56 Å². The highest BCUT2D eigenvalue weighted by molar-refractivity contribution is 5.81. The van der Waals surface area contributed by atoms with Crippen LogP contribution in [-0.4, -0.2) is 9.97 Å². The molecule has 0 radical (unpaired) electrons. The molecular formula is C22H19N3O. The summed E-state index contributed by atoms with van der Waals surface area (Å²) < 4.78 is 0. The van der Waals surface area contributed by atoms with Gasteiger partial charge in [-0.3, -0.25) is 4.79 Å². The lowest BCUT2D eigenvalue weighted by Crippen LogP contribution is -2.23. The lowest BCUT2D eigenvalue weighted by molar-refractivity contribution is 0.600. The van der Waals surface area contributed by atoms with Crippen LogP contribution in [0.15, 0.2) is 59.4 Å². The number of aryl methyl sites for hydroxylation is 1. The van der Waals surface area contributed by atoms with Gasteiger partial charge in [0.05, 0.1) is 11.5 Å². The molecule has 2 aromatic carbocycles. The molecule has 0 saturated carbocycles. The van der Waals surface area contributed by atoms with Crippen molar-refractivity contribution < 1.29 is 0 Å². The zero-order chi connectivity index (χ0) is 18.3. The third-order valence-corrected chi connectivity index (χ3v) is 5.05. The molecule has 0 fully saturated rings. The predicted molar refractivity (Wildman–Crippen MR) is 104 cm³/mol. The van der Waals surface area contributed by atoms with Crippen LogP contribution in [0.3, 0.4) is 0 Å². The van der Waals surface area contributed by atoms with E-state index in [0.29, 0.717) is 12.0 Å². The molecule has 1 atom stereocenters. The summed E-state index contributed by atoms with van der Waals surface area (Å²) in [5, 5.41) is 12.0. The third kappa shape index (κ3) is 2.68. The quantitative estimate of drug-likeness (QED) is 0.582. The summed E-state index contributed by atoms with van der Waals surface area (Å²) in [6, 6.07) is 20.4. The van der Waals surface area contributed by atoms with Gasteiger partial charge in [0, 0.05) is 28.7 Å². The number of hydrogen-bond acceptors (Lipinski definition) is 2. The van der Waals surface area contributed by atoms with Crippen molar-refractivity contribution in [1.82, 2.24) is 9.97 Å². The summed E-state index contributed by atoms with van der Waals surface area (Å²) in [4.78, 5) is 18.2. The molecule has 2 heterocycles. The van der Waals surface area contributed by atoms with E-state index in [2.05, 4.69) is 28.2 Å². The summed E-state index contributed by atoms with van der Waals surface area (Å²) in [5.74, 6) is 0. The number of aromatic amines is 2. The highest BCUT2D eigenvalue weighted by Gasteiger charge is 2.28. The normalized spacial score (nSPS) is 13.6. The Bertz CT molecular complexity index is 1190. The van der Waals surface area contributed by atoms with E-state index in [4.69, 9.17) is 0 Å². The molecule has 4 rings (SSSR count). The van der Waals surface area contributed by atoms with Gasteiger partial charge in [-0.15, -0.1) is 0 Å². The molecule has 4 aromatic rings. The van der Waals surface area contributed by atoms with E-state index in [1.165, 1.54) is 0 Å². The molecule has 128 valence electrons. The first-order valence-electron chi connectivity index (χ1n) is 8.60. The number of nitriles is 1. The van der Waals surface area contributed by atoms with Gasteiger partial charge in [-0.05, 0) is 54.4 Å². The van der Waals surface area contributed by atoms with Crippen molar-refractivity contribution in [3.05, 3.63) is 81.8 Å². The molecule has 0 saturated heterocycles. The highest BCUT2D eigenvalue weighted by atomic mass is 16.1. The molecule has 26 heavy (non-hydrogen) atoms. The summed E-state index contributed by atoms with van der Waals surface area (Å²) in [6.07, 6.45) is 0.569. The standard InChI is InChI=1S/C22H19N3O/c1-14-9-16-7-8-17(11-20(16)25-21(14)26)22(2,13-23)12-18-10-15-5-3-4-6-19(15)24-18/h3-11,24H,12H2,1-2H3,(H,25,26). The number of benzene rings is 2. The molecule has 0 aliphatic carbocycles. The van der Waals surface area contributed by atoms with Crippen molar-refractivity contribution >= 4 is 21.8 Å². The Hall–Kier alpha value is -3.32. The van der Waals surface area contributed by atoms with Crippen molar-refractivity contribution in [1.29, 1.82) is 5.26 Å². The minimum atomic E-state index is -0.698. The molecule has 0 aliphatic heterocycles. The van der Waals surface area contributed by atoms with Crippen LogP contribution >= 0.6 is 0 Å². The van der Waals surface area contributed by atoms with Gasteiger partial charge in [-0.1, -0.05) is 30.3 Å². The van der Waals surface area contributed by atoms with Gasteiger partial charge in [0.2, 0.25) is 0 Å². The van der Waals surface area contributed by atoms with Crippen molar-refractivity contribution in [2.24, 2.45) is 0 Å². The summed E-state index contributed by atoms with van der Waals surface area (Å²) >= 11 is 0. The second-order valence-corrected chi connectivity index (χ2v) is 7.09. The fourth-order valence-corrected chi connectivity index (χ4v) is 3.47. The van der Waals surface area contributed by atoms with Crippen LogP contribution in [0.5, 0.6) is 0 Å². The topological polar surface area (TPSA) is 72.4 Å². The fourth-order valence-electron chi connectivity index (χ4n) is 3.47. The maximum atomic E-state index is 11.9. The molecule has 0 spiro atoms. The van der Waals surface area contributed by atoms with Gasteiger partial charge in [0.25, 0.3) is 5.56 Å². The Morgan fingerprint density at radius 3 is 2.54 bits per heavy atom. The molecule has 0 bridgehead atoms. The maximum Gasteiger partial charge on any atom is 0.251 e. The SMILES string of the molecule is Cc1cc2ccc(C(C)(C#N)Cc3cc4ccccc4[nH]3)cc2[nH]c1=O.